The van der Waals surface area contributed by atoms with E-state index in [2.05, 4.69) is 15.3 Å². The third-order valence-corrected chi connectivity index (χ3v) is 3.84. The highest BCUT2D eigenvalue weighted by molar-refractivity contribution is 7.14. The Kier molecular flexibility index (Phi) is 4.13. The molecule has 0 atom stereocenters. The number of carbonyl (C=O) groups is 1. The van der Waals surface area contributed by atoms with Crippen LogP contribution in [-0.2, 0) is 0 Å². The van der Waals surface area contributed by atoms with Gasteiger partial charge >= 0.3 is 0 Å². The number of halogens is 2. The van der Waals surface area contributed by atoms with Crippen LogP contribution in [0.15, 0.2) is 48.0 Å². The van der Waals surface area contributed by atoms with Crippen LogP contribution in [0, 0.1) is 5.82 Å². The Morgan fingerprint density at radius 3 is 2.64 bits per heavy atom. The highest BCUT2D eigenvalue weighted by Crippen LogP contribution is 2.25. The molecule has 0 radical (unpaired) electrons. The van der Waals surface area contributed by atoms with Crippen molar-refractivity contribution in [2.24, 2.45) is 0 Å². The second-order valence-electron chi connectivity index (χ2n) is 4.37. The molecule has 3 rings (SSSR count). The summed E-state index contributed by atoms with van der Waals surface area (Å²) in [6.07, 6.45) is 1.39. The maximum Gasteiger partial charge on any atom is 0.259 e. The number of rotatable bonds is 3. The van der Waals surface area contributed by atoms with Gasteiger partial charge in [0.1, 0.15) is 11.0 Å². The van der Waals surface area contributed by atoms with E-state index in [1.807, 2.05) is 0 Å². The summed E-state index contributed by atoms with van der Waals surface area (Å²) in [6.45, 7) is 0. The third-order valence-electron chi connectivity index (χ3n) is 2.85. The van der Waals surface area contributed by atoms with Gasteiger partial charge in [0.15, 0.2) is 5.13 Å². The number of carbonyl (C=O) groups excluding carboxylic acids is 1. The molecule has 0 saturated carbocycles. The van der Waals surface area contributed by atoms with Crippen molar-refractivity contribution in [2.45, 2.75) is 0 Å². The normalized spacial score (nSPS) is 10.5. The first-order chi connectivity index (χ1) is 10.6. The summed E-state index contributed by atoms with van der Waals surface area (Å²) in [5.74, 6) is -0.619. The van der Waals surface area contributed by atoms with Crippen LogP contribution < -0.4 is 5.32 Å². The Morgan fingerprint density at radius 2 is 1.95 bits per heavy atom. The van der Waals surface area contributed by atoms with Crippen LogP contribution in [0.3, 0.4) is 0 Å². The molecular formula is C15H9ClFN3OS. The molecule has 0 bridgehead atoms. The number of nitrogens with one attached hydrogen (secondary N) is 1. The minimum Gasteiger partial charge on any atom is -0.298 e. The summed E-state index contributed by atoms with van der Waals surface area (Å²) < 4.78 is 12.9. The SMILES string of the molecule is O=C(Nc1nc(-c2ccc(F)cc2)cs1)c1ccc(Cl)nc1. The maximum atomic E-state index is 12.9. The molecule has 1 aromatic carbocycles. The van der Waals surface area contributed by atoms with Crippen molar-refractivity contribution in [3.63, 3.8) is 0 Å². The predicted molar refractivity (Wildman–Crippen MR) is 84.7 cm³/mol. The van der Waals surface area contributed by atoms with Gasteiger partial charge in [-0.25, -0.2) is 14.4 Å². The largest absolute Gasteiger partial charge is 0.298 e. The highest BCUT2D eigenvalue weighted by Gasteiger charge is 2.10. The first-order valence-corrected chi connectivity index (χ1v) is 7.52. The summed E-state index contributed by atoms with van der Waals surface area (Å²) >= 11 is 6.97. The third kappa shape index (κ3) is 3.29. The number of hydrogen-bond acceptors (Lipinski definition) is 4. The van der Waals surface area contributed by atoms with Gasteiger partial charge in [0, 0.05) is 17.1 Å². The fourth-order valence-electron chi connectivity index (χ4n) is 1.76. The van der Waals surface area contributed by atoms with Crippen LogP contribution in [-0.4, -0.2) is 15.9 Å². The van der Waals surface area contributed by atoms with E-state index in [0.29, 0.717) is 21.5 Å². The first kappa shape index (κ1) is 14.6. The zero-order valence-electron chi connectivity index (χ0n) is 11.1. The molecule has 1 amide bonds. The van der Waals surface area contributed by atoms with Gasteiger partial charge < -0.3 is 0 Å². The molecule has 1 N–H and O–H groups in total. The molecule has 7 heteroatoms. The molecule has 4 nitrogen and oxygen atoms in total. The van der Waals surface area contributed by atoms with E-state index in [9.17, 15) is 9.18 Å². The van der Waals surface area contributed by atoms with Gasteiger partial charge in [0.2, 0.25) is 0 Å². The number of thiazole rings is 1. The molecule has 0 aliphatic carbocycles. The van der Waals surface area contributed by atoms with Crippen LogP contribution in [0.2, 0.25) is 5.15 Å². The van der Waals surface area contributed by atoms with E-state index in [4.69, 9.17) is 11.6 Å². The molecule has 2 heterocycles. The Bertz CT molecular complexity index is 802. The lowest BCUT2D eigenvalue weighted by atomic mass is 10.2. The van der Waals surface area contributed by atoms with E-state index in [1.165, 1.54) is 29.7 Å². The van der Waals surface area contributed by atoms with Crippen LogP contribution in [0.1, 0.15) is 10.4 Å². The van der Waals surface area contributed by atoms with E-state index >= 15 is 0 Å². The van der Waals surface area contributed by atoms with Crippen molar-refractivity contribution in [1.82, 2.24) is 9.97 Å². The van der Waals surface area contributed by atoms with E-state index in [1.54, 1.807) is 29.6 Å². The summed E-state index contributed by atoms with van der Waals surface area (Å²) in [6, 6.07) is 9.14. The summed E-state index contributed by atoms with van der Waals surface area (Å²) in [5.41, 5.74) is 1.85. The van der Waals surface area contributed by atoms with Crippen LogP contribution in [0.25, 0.3) is 11.3 Å². The molecular weight excluding hydrogens is 325 g/mol. The van der Waals surface area contributed by atoms with Crippen LogP contribution in [0.4, 0.5) is 9.52 Å². The number of nitrogens with zero attached hydrogens (tertiary/aromatic N) is 2. The molecule has 2 aromatic heterocycles. The summed E-state index contributed by atoms with van der Waals surface area (Å²) in [5, 5.41) is 5.27. The second kappa shape index (κ2) is 6.21. The lowest BCUT2D eigenvalue weighted by Crippen LogP contribution is -2.11. The standard InChI is InChI=1S/C15H9ClFN3OS/c16-13-6-3-10(7-18-13)14(21)20-15-19-12(8-22-15)9-1-4-11(17)5-2-9/h1-8H,(H,19,20,21). The van der Waals surface area contributed by atoms with Crippen molar-refractivity contribution < 1.29 is 9.18 Å². The lowest BCUT2D eigenvalue weighted by Gasteiger charge is -2.01. The molecule has 0 aliphatic heterocycles. The number of anilines is 1. The Labute approximate surface area is 134 Å². The van der Waals surface area contributed by atoms with Crippen LogP contribution >= 0.6 is 22.9 Å². The monoisotopic (exact) mass is 333 g/mol. The Hall–Kier alpha value is -2.31. The van der Waals surface area contributed by atoms with Crippen molar-refractivity contribution in [3.8, 4) is 11.3 Å². The molecule has 0 saturated heterocycles. The van der Waals surface area contributed by atoms with E-state index < -0.39 is 0 Å². The summed E-state index contributed by atoms with van der Waals surface area (Å²) in [7, 11) is 0. The smallest absolute Gasteiger partial charge is 0.259 e. The molecule has 0 aliphatic rings. The van der Waals surface area contributed by atoms with Crippen molar-refractivity contribution in [1.29, 1.82) is 0 Å². The van der Waals surface area contributed by atoms with Gasteiger partial charge in [-0.05, 0) is 36.4 Å². The van der Waals surface area contributed by atoms with Crippen LogP contribution in [0.5, 0.6) is 0 Å². The van der Waals surface area contributed by atoms with Gasteiger partial charge in [0.05, 0.1) is 11.3 Å². The van der Waals surface area contributed by atoms with Gasteiger partial charge in [-0.1, -0.05) is 11.6 Å². The average Bonchev–Trinajstić information content (AvgIpc) is 2.97. The zero-order valence-corrected chi connectivity index (χ0v) is 12.7. The molecule has 0 spiro atoms. The first-order valence-electron chi connectivity index (χ1n) is 6.26. The maximum absolute atomic E-state index is 12.9. The molecule has 0 unspecified atom stereocenters. The molecule has 22 heavy (non-hydrogen) atoms. The number of pyridine rings is 1. The molecule has 0 fully saturated rings. The lowest BCUT2D eigenvalue weighted by molar-refractivity contribution is 0.102. The van der Waals surface area contributed by atoms with E-state index in [0.717, 1.165) is 5.56 Å². The summed E-state index contributed by atoms with van der Waals surface area (Å²) in [4.78, 5) is 20.2. The Balaban J connectivity index is 1.75. The minimum atomic E-state index is -0.316. The number of amides is 1. The minimum absolute atomic E-state index is 0.303. The predicted octanol–water partition coefficient (Wildman–Crippen LogP) is 4.25. The Morgan fingerprint density at radius 1 is 1.18 bits per heavy atom. The van der Waals surface area contributed by atoms with Gasteiger partial charge in [-0.15, -0.1) is 11.3 Å². The molecule has 3 aromatic rings. The quantitative estimate of drug-likeness (QED) is 0.729. The average molecular weight is 334 g/mol. The van der Waals surface area contributed by atoms with Gasteiger partial charge in [0.25, 0.3) is 5.91 Å². The fraction of sp³-hybridized carbons (Fsp3) is 0. The van der Waals surface area contributed by atoms with Gasteiger partial charge in [-0.2, -0.15) is 0 Å². The second-order valence-corrected chi connectivity index (χ2v) is 5.61. The van der Waals surface area contributed by atoms with Gasteiger partial charge in [-0.3, -0.25) is 10.1 Å². The highest BCUT2D eigenvalue weighted by atomic mass is 35.5. The fourth-order valence-corrected chi connectivity index (χ4v) is 2.59. The zero-order chi connectivity index (χ0) is 15.5. The van der Waals surface area contributed by atoms with Crippen molar-refractivity contribution >= 4 is 34.0 Å². The van der Waals surface area contributed by atoms with E-state index in [-0.39, 0.29) is 11.7 Å². The van der Waals surface area contributed by atoms with Crippen molar-refractivity contribution in [2.75, 3.05) is 5.32 Å². The molecule has 110 valence electrons. The topological polar surface area (TPSA) is 54.9 Å². The number of aromatic nitrogens is 2. The van der Waals surface area contributed by atoms with Crippen molar-refractivity contribution in [3.05, 3.63) is 64.5 Å². The number of benzene rings is 1. The number of hydrogen-bond donors (Lipinski definition) is 1.